The van der Waals surface area contributed by atoms with Crippen molar-refractivity contribution in [2.24, 2.45) is 0 Å². The van der Waals surface area contributed by atoms with Crippen LogP contribution >= 0.6 is 0 Å². The third-order valence-corrected chi connectivity index (χ3v) is 2.03. The molecule has 0 amide bonds. The zero-order chi connectivity index (χ0) is 12.0. The van der Waals surface area contributed by atoms with Gasteiger partial charge in [0.1, 0.15) is 11.8 Å². The summed E-state index contributed by atoms with van der Waals surface area (Å²) in [4.78, 5) is 15.5. The summed E-state index contributed by atoms with van der Waals surface area (Å²) in [7, 11) is 1.60. The van der Waals surface area contributed by atoms with E-state index in [2.05, 4.69) is 5.48 Å². The van der Waals surface area contributed by atoms with Crippen LogP contribution in [0.15, 0.2) is 24.3 Å². The third-order valence-electron chi connectivity index (χ3n) is 2.03. The molecule has 0 bridgehead atoms. The third kappa shape index (κ3) is 3.88. The van der Waals surface area contributed by atoms with Gasteiger partial charge in [0.25, 0.3) is 0 Å². The van der Waals surface area contributed by atoms with Crippen LogP contribution in [0, 0.1) is 0 Å². The van der Waals surface area contributed by atoms with E-state index < -0.39 is 12.0 Å². The Balaban J connectivity index is 2.34. The molecule has 16 heavy (non-hydrogen) atoms. The van der Waals surface area contributed by atoms with Crippen molar-refractivity contribution in [2.45, 2.75) is 19.6 Å². The molecule has 2 N–H and O–H groups in total. The van der Waals surface area contributed by atoms with Gasteiger partial charge < -0.3 is 9.84 Å². The second-order valence-corrected chi connectivity index (χ2v) is 3.31. The SMILES string of the molecule is COc1ccc(CON[C@@H](C)C(=O)O)cc1. The van der Waals surface area contributed by atoms with E-state index in [1.807, 2.05) is 24.3 Å². The molecule has 0 radical (unpaired) electrons. The molecule has 0 saturated carbocycles. The van der Waals surface area contributed by atoms with Crippen molar-refractivity contribution in [3.63, 3.8) is 0 Å². The van der Waals surface area contributed by atoms with Crippen LogP contribution in [0.3, 0.4) is 0 Å². The lowest BCUT2D eigenvalue weighted by Gasteiger charge is -2.09. The Morgan fingerprint density at radius 1 is 1.44 bits per heavy atom. The summed E-state index contributed by atoms with van der Waals surface area (Å²) in [6.45, 7) is 1.82. The smallest absolute Gasteiger partial charge is 0.322 e. The molecule has 0 unspecified atom stereocenters. The first-order valence-electron chi connectivity index (χ1n) is 4.86. The van der Waals surface area contributed by atoms with Crippen molar-refractivity contribution in [3.8, 4) is 5.75 Å². The highest BCUT2D eigenvalue weighted by atomic mass is 16.6. The predicted molar refractivity (Wildman–Crippen MR) is 58.0 cm³/mol. The van der Waals surface area contributed by atoms with Gasteiger partial charge in [-0.15, -0.1) is 0 Å². The summed E-state index contributed by atoms with van der Waals surface area (Å²) in [5.74, 6) is -0.176. The minimum atomic E-state index is -0.949. The van der Waals surface area contributed by atoms with Gasteiger partial charge in [0.05, 0.1) is 13.7 Å². The van der Waals surface area contributed by atoms with Crippen LogP contribution in [0.25, 0.3) is 0 Å². The van der Waals surface area contributed by atoms with E-state index in [1.165, 1.54) is 6.92 Å². The topological polar surface area (TPSA) is 67.8 Å². The van der Waals surface area contributed by atoms with Gasteiger partial charge in [-0.05, 0) is 24.6 Å². The van der Waals surface area contributed by atoms with E-state index in [0.717, 1.165) is 11.3 Å². The minimum absolute atomic E-state index is 0.307. The molecule has 0 saturated heterocycles. The number of carboxylic acids is 1. The number of ether oxygens (including phenoxy) is 1. The van der Waals surface area contributed by atoms with Gasteiger partial charge >= 0.3 is 5.97 Å². The van der Waals surface area contributed by atoms with E-state index in [1.54, 1.807) is 7.11 Å². The Labute approximate surface area is 93.9 Å². The normalized spacial score (nSPS) is 12.1. The highest BCUT2D eigenvalue weighted by Gasteiger charge is 2.09. The monoisotopic (exact) mass is 225 g/mol. The lowest BCUT2D eigenvalue weighted by Crippen LogP contribution is -2.33. The molecule has 1 atom stereocenters. The number of carboxylic acid groups (broad SMARTS) is 1. The van der Waals surface area contributed by atoms with Crippen molar-refractivity contribution in [1.29, 1.82) is 0 Å². The first-order chi connectivity index (χ1) is 7.63. The fourth-order valence-electron chi connectivity index (χ4n) is 1.02. The molecule has 88 valence electrons. The van der Waals surface area contributed by atoms with Gasteiger partial charge in [0, 0.05) is 0 Å². The number of methoxy groups -OCH3 is 1. The maximum Gasteiger partial charge on any atom is 0.322 e. The molecule has 0 heterocycles. The number of aliphatic carboxylic acids is 1. The van der Waals surface area contributed by atoms with Crippen LogP contribution in [0.4, 0.5) is 0 Å². The number of hydroxylamine groups is 1. The molecule has 0 spiro atoms. The largest absolute Gasteiger partial charge is 0.497 e. The molecule has 0 aliphatic heterocycles. The fraction of sp³-hybridized carbons (Fsp3) is 0.364. The second-order valence-electron chi connectivity index (χ2n) is 3.31. The molecule has 5 nitrogen and oxygen atoms in total. The van der Waals surface area contributed by atoms with Crippen molar-refractivity contribution in [1.82, 2.24) is 5.48 Å². The first kappa shape index (κ1) is 12.5. The van der Waals surface area contributed by atoms with E-state index in [-0.39, 0.29) is 0 Å². The van der Waals surface area contributed by atoms with Crippen molar-refractivity contribution in [3.05, 3.63) is 29.8 Å². The summed E-state index contributed by atoms with van der Waals surface area (Å²) in [5, 5.41) is 8.59. The van der Waals surface area contributed by atoms with Crippen LogP contribution in [0.2, 0.25) is 0 Å². The van der Waals surface area contributed by atoms with E-state index in [0.29, 0.717) is 6.61 Å². The Bertz CT molecular complexity index is 336. The summed E-state index contributed by atoms with van der Waals surface area (Å²) in [5.41, 5.74) is 3.36. The molecule has 0 fully saturated rings. The van der Waals surface area contributed by atoms with E-state index in [9.17, 15) is 4.79 Å². The van der Waals surface area contributed by atoms with Crippen molar-refractivity contribution in [2.75, 3.05) is 7.11 Å². The van der Waals surface area contributed by atoms with Gasteiger partial charge in [0.2, 0.25) is 0 Å². The lowest BCUT2D eigenvalue weighted by atomic mass is 10.2. The van der Waals surface area contributed by atoms with Crippen LogP contribution in [0.1, 0.15) is 12.5 Å². The zero-order valence-electron chi connectivity index (χ0n) is 9.27. The molecule has 5 heteroatoms. The van der Waals surface area contributed by atoms with Crippen molar-refractivity contribution < 1.29 is 19.5 Å². The second kappa shape index (κ2) is 6.09. The lowest BCUT2D eigenvalue weighted by molar-refractivity contribution is -0.143. The van der Waals surface area contributed by atoms with Gasteiger partial charge in [0.15, 0.2) is 0 Å². The molecule has 0 aliphatic rings. The number of hydrogen-bond donors (Lipinski definition) is 2. The molecular weight excluding hydrogens is 210 g/mol. The van der Waals surface area contributed by atoms with Crippen LogP contribution < -0.4 is 10.2 Å². The molecule has 0 aromatic heterocycles. The van der Waals surface area contributed by atoms with Gasteiger partial charge in [-0.3, -0.25) is 9.63 Å². The molecule has 1 aromatic carbocycles. The van der Waals surface area contributed by atoms with E-state index >= 15 is 0 Å². The number of benzene rings is 1. The van der Waals surface area contributed by atoms with Gasteiger partial charge in [-0.2, -0.15) is 5.48 Å². The van der Waals surface area contributed by atoms with Gasteiger partial charge in [-0.25, -0.2) is 0 Å². The molecule has 0 aliphatic carbocycles. The highest BCUT2D eigenvalue weighted by molar-refractivity contribution is 5.72. The van der Waals surface area contributed by atoms with E-state index in [4.69, 9.17) is 14.7 Å². The van der Waals surface area contributed by atoms with Crippen molar-refractivity contribution >= 4 is 5.97 Å². The number of hydrogen-bond acceptors (Lipinski definition) is 4. The first-order valence-corrected chi connectivity index (χ1v) is 4.86. The summed E-state index contributed by atoms with van der Waals surface area (Å²) in [6, 6.07) is 6.62. The Hall–Kier alpha value is -1.59. The molecule has 1 aromatic rings. The Morgan fingerprint density at radius 2 is 2.06 bits per heavy atom. The fourth-order valence-corrected chi connectivity index (χ4v) is 1.02. The standard InChI is InChI=1S/C11H15NO4/c1-8(11(13)14)12-16-7-9-3-5-10(15-2)6-4-9/h3-6,8,12H,7H2,1-2H3,(H,13,14)/t8-/m0/s1. The predicted octanol–water partition coefficient (Wildman–Crippen LogP) is 1.19. The average molecular weight is 225 g/mol. The molecule has 1 rings (SSSR count). The van der Waals surface area contributed by atoms with Crippen LogP contribution in [-0.4, -0.2) is 24.2 Å². The highest BCUT2D eigenvalue weighted by Crippen LogP contribution is 2.11. The maximum atomic E-state index is 10.5. The molecular formula is C11H15NO4. The summed E-state index contributed by atoms with van der Waals surface area (Å²) < 4.78 is 5.01. The summed E-state index contributed by atoms with van der Waals surface area (Å²) in [6.07, 6.45) is 0. The number of nitrogens with one attached hydrogen (secondary N) is 1. The Kier molecular flexibility index (Phi) is 4.75. The minimum Gasteiger partial charge on any atom is -0.497 e. The number of rotatable bonds is 6. The van der Waals surface area contributed by atoms with Crippen LogP contribution in [-0.2, 0) is 16.2 Å². The zero-order valence-corrected chi connectivity index (χ0v) is 9.27. The quantitative estimate of drug-likeness (QED) is 0.712. The summed E-state index contributed by atoms with van der Waals surface area (Å²) >= 11 is 0. The van der Waals surface area contributed by atoms with Crippen LogP contribution in [0.5, 0.6) is 5.75 Å². The maximum absolute atomic E-state index is 10.5. The number of carbonyl (C=O) groups is 1. The van der Waals surface area contributed by atoms with Gasteiger partial charge in [-0.1, -0.05) is 12.1 Å². The average Bonchev–Trinajstić information content (AvgIpc) is 2.29. The Morgan fingerprint density at radius 3 is 2.56 bits per heavy atom.